The maximum absolute atomic E-state index is 13.2. The second-order valence-electron chi connectivity index (χ2n) is 5.90. The summed E-state index contributed by atoms with van der Waals surface area (Å²) in [6, 6.07) is 9.68. The van der Waals surface area contributed by atoms with Crippen LogP contribution >= 0.6 is 7.94 Å². The summed E-state index contributed by atoms with van der Waals surface area (Å²) >= 11 is 0. The lowest BCUT2D eigenvalue weighted by atomic mass is 9.95. The van der Waals surface area contributed by atoms with E-state index in [4.69, 9.17) is 9.05 Å². The zero-order valence-corrected chi connectivity index (χ0v) is 15.3. The SMILES string of the molecule is CCO[P+]1([O-])OC(C)(C)C(/C=C/C(=O)OC)=C1Cc1ccccc1. The molecule has 6 heteroatoms. The van der Waals surface area contributed by atoms with Crippen LogP contribution in [0, 0.1) is 0 Å². The van der Waals surface area contributed by atoms with Gasteiger partial charge in [-0.15, -0.1) is 0 Å². The Hall–Kier alpha value is -1.52. The van der Waals surface area contributed by atoms with Crippen LogP contribution in [-0.4, -0.2) is 25.3 Å². The summed E-state index contributed by atoms with van der Waals surface area (Å²) < 4.78 is 15.9. The fourth-order valence-corrected chi connectivity index (χ4v) is 5.04. The highest BCUT2D eigenvalue weighted by Crippen LogP contribution is 2.70. The number of allylic oxidation sites excluding steroid dienone is 1. The van der Waals surface area contributed by atoms with Gasteiger partial charge in [-0.2, -0.15) is 4.52 Å². The van der Waals surface area contributed by atoms with Crippen LogP contribution < -0.4 is 4.89 Å². The maximum atomic E-state index is 13.2. The van der Waals surface area contributed by atoms with Gasteiger partial charge < -0.3 is 9.63 Å². The average Bonchev–Trinajstić information content (AvgIpc) is 2.72. The second-order valence-corrected chi connectivity index (χ2v) is 7.87. The third-order valence-corrected chi connectivity index (χ3v) is 6.09. The predicted molar refractivity (Wildman–Crippen MR) is 92.0 cm³/mol. The first-order chi connectivity index (χ1) is 11.3. The van der Waals surface area contributed by atoms with Crippen molar-refractivity contribution in [2.24, 2.45) is 0 Å². The van der Waals surface area contributed by atoms with E-state index in [1.807, 2.05) is 44.2 Å². The fraction of sp³-hybridized carbons (Fsp3) is 0.389. The van der Waals surface area contributed by atoms with Gasteiger partial charge in [0.25, 0.3) is 7.94 Å². The maximum Gasteiger partial charge on any atom is 0.330 e. The molecule has 1 atom stereocenters. The summed E-state index contributed by atoms with van der Waals surface area (Å²) in [6.07, 6.45) is 3.36. The van der Waals surface area contributed by atoms with Crippen molar-refractivity contribution < 1.29 is 23.5 Å². The van der Waals surface area contributed by atoms with Gasteiger partial charge in [0.15, 0.2) is 0 Å². The average molecular weight is 350 g/mol. The monoisotopic (exact) mass is 350 g/mol. The Balaban J connectivity index is 2.49. The summed E-state index contributed by atoms with van der Waals surface area (Å²) in [5.74, 6) is -0.476. The van der Waals surface area contributed by atoms with Gasteiger partial charge in [0.1, 0.15) is 10.9 Å². The van der Waals surface area contributed by atoms with Crippen molar-refractivity contribution in [1.29, 1.82) is 0 Å². The van der Waals surface area contributed by atoms with Gasteiger partial charge in [0.2, 0.25) is 0 Å². The molecule has 1 aliphatic rings. The molecule has 0 fully saturated rings. The zero-order chi connectivity index (χ0) is 17.8. The molecular weight excluding hydrogens is 327 g/mol. The molecule has 0 bridgehead atoms. The minimum absolute atomic E-state index is 0.277. The van der Waals surface area contributed by atoms with Crippen LogP contribution in [-0.2, 0) is 25.0 Å². The molecule has 0 spiro atoms. The number of hydrogen-bond acceptors (Lipinski definition) is 5. The van der Waals surface area contributed by atoms with Crippen LogP contribution in [0.2, 0.25) is 0 Å². The van der Waals surface area contributed by atoms with E-state index < -0.39 is 19.5 Å². The molecule has 1 aromatic rings. The summed E-state index contributed by atoms with van der Waals surface area (Å²) in [4.78, 5) is 24.7. The molecule has 0 amide bonds. The number of rotatable bonds is 6. The minimum Gasteiger partial charge on any atom is -0.627 e. The Morgan fingerprint density at radius 2 is 2.00 bits per heavy atom. The number of esters is 1. The highest BCUT2D eigenvalue weighted by Gasteiger charge is 2.53. The highest BCUT2D eigenvalue weighted by atomic mass is 31.2. The van der Waals surface area contributed by atoms with Gasteiger partial charge in [-0.25, -0.2) is 9.32 Å². The summed E-state index contributed by atoms with van der Waals surface area (Å²) in [5.41, 5.74) is 0.866. The highest BCUT2D eigenvalue weighted by molar-refractivity contribution is 7.64. The summed E-state index contributed by atoms with van der Waals surface area (Å²) in [6.45, 7) is 5.68. The van der Waals surface area contributed by atoms with Crippen molar-refractivity contribution in [3.05, 3.63) is 58.9 Å². The molecule has 130 valence electrons. The lowest BCUT2D eigenvalue weighted by molar-refractivity contribution is -0.219. The molecule has 0 aromatic heterocycles. The molecule has 0 saturated heterocycles. The summed E-state index contributed by atoms with van der Waals surface area (Å²) in [5, 5.41) is 0.584. The first-order valence-electron chi connectivity index (χ1n) is 7.82. The predicted octanol–water partition coefficient (Wildman–Crippen LogP) is 3.18. The van der Waals surface area contributed by atoms with Crippen LogP contribution in [0.15, 0.2) is 53.4 Å². The number of hydrogen-bond donors (Lipinski definition) is 0. The van der Waals surface area contributed by atoms with E-state index >= 15 is 0 Å². The van der Waals surface area contributed by atoms with E-state index in [0.29, 0.717) is 17.3 Å². The first-order valence-corrected chi connectivity index (χ1v) is 9.36. The Morgan fingerprint density at radius 1 is 1.33 bits per heavy atom. The Morgan fingerprint density at radius 3 is 2.58 bits per heavy atom. The smallest absolute Gasteiger partial charge is 0.330 e. The number of methoxy groups -OCH3 is 1. The number of carbonyl (C=O) groups is 1. The van der Waals surface area contributed by atoms with Crippen LogP contribution in [0.1, 0.15) is 26.3 Å². The van der Waals surface area contributed by atoms with Crippen molar-refractivity contribution in [1.82, 2.24) is 0 Å². The van der Waals surface area contributed by atoms with Crippen molar-refractivity contribution in [2.75, 3.05) is 13.7 Å². The molecule has 24 heavy (non-hydrogen) atoms. The van der Waals surface area contributed by atoms with E-state index in [-0.39, 0.29) is 6.61 Å². The number of ether oxygens (including phenoxy) is 1. The van der Waals surface area contributed by atoms with Gasteiger partial charge in [-0.3, -0.25) is 0 Å². The zero-order valence-electron chi connectivity index (χ0n) is 14.4. The van der Waals surface area contributed by atoms with Crippen LogP contribution in [0.4, 0.5) is 0 Å². The fourth-order valence-electron chi connectivity index (χ4n) is 2.67. The lowest BCUT2D eigenvalue weighted by Crippen LogP contribution is -2.24. The third-order valence-electron chi connectivity index (χ3n) is 3.74. The van der Waals surface area contributed by atoms with Gasteiger partial charge >= 0.3 is 5.97 Å². The van der Waals surface area contributed by atoms with Crippen molar-refractivity contribution in [3.8, 4) is 0 Å². The van der Waals surface area contributed by atoms with Gasteiger partial charge in [-0.1, -0.05) is 30.3 Å². The van der Waals surface area contributed by atoms with Gasteiger partial charge in [0.05, 0.1) is 13.7 Å². The van der Waals surface area contributed by atoms with Crippen molar-refractivity contribution in [2.45, 2.75) is 32.8 Å². The standard InChI is InChI=1S/C18H23O5P/c1-5-22-24(20)16(13-14-9-7-6-8-10-14)15(18(2,3)23-24)11-12-17(19)21-4/h6-12H,5,13H2,1-4H3/b12-11+. The first kappa shape index (κ1) is 18.8. The molecule has 0 radical (unpaired) electrons. The van der Waals surface area contributed by atoms with E-state index in [1.165, 1.54) is 13.2 Å². The van der Waals surface area contributed by atoms with Gasteiger partial charge in [0, 0.05) is 18.1 Å². The molecular formula is C18H23O5P. The molecule has 0 saturated carbocycles. The Bertz CT molecular complexity index is 651. The van der Waals surface area contributed by atoms with E-state index in [1.54, 1.807) is 13.0 Å². The largest absolute Gasteiger partial charge is 0.627 e. The molecule has 1 aromatic carbocycles. The third kappa shape index (κ3) is 4.11. The van der Waals surface area contributed by atoms with Crippen LogP contribution in [0.25, 0.3) is 0 Å². The number of benzene rings is 1. The normalized spacial score (nSPS) is 23.0. The van der Waals surface area contributed by atoms with Gasteiger partial charge in [-0.05, 0) is 32.4 Å². The molecule has 2 rings (SSSR count). The molecule has 1 aliphatic heterocycles. The van der Waals surface area contributed by atoms with E-state index in [2.05, 4.69) is 4.74 Å². The van der Waals surface area contributed by atoms with E-state index in [0.717, 1.165) is 5.56 Å². The molecule has 0 N–H and O–H groups in total. The molecule has 1 unspecified atom stereocenters. The Kier molecular flexibility index (Phi) is 5.94. The topological polar surface area (TPSA) is 67.8 Å². The van der Waals surface area contributed by atoms with Crippen LogP contribution in [0.3, 0.4) is 0 Å². The van der Waals surface area contributed by atoms with Crippen molar-refractivity contribution in [3.63, 3.8) is 0 Å². The lowest BCUT2D eigenvalue weighted by Gasteiger charge is -2.27. The quantitative estimate of drug-likeness (QED) is 0.448. The number of carbonyl (C=O) groups excluding carboxylic acids is 1. The van der Waals surface area contributed by atoms with Crippen molar-refractivity contribution >= 4 is 13.9 Å². The molecule has 0 aliphatic carbocycles. The van der Waals surface area contributed by atoms with E-state index in [9.17, 15) is 9.69 Å². The van der Waals surface area contributed by atoms with Crippen LogP contribution in [0.5, 0.6) is 0 Å². The second kappa shape index (κ2) is 7.58. The minimum atomic E-state index is -3.42. The molecule has 1 heterocycles. The Labute approximate surface area is 143 Å². The molecule has 5 nitrogen and oxygen atoms in total. The summed E-state index contributed by atoms with van der Waals surface area (Å²) in [7, 11) is -2.10.